The third-order valence-electron chi connectivity index (χ3n) is 3.26. The molecule has 0 bridgehead atoms. The fraction of sp³-hybridized carbons (Fsp3) is 0.211. The van der Waals surface area contributed by atoms with E-state index in [2.05, 4.69) is 21.9 Å². The molecular formula is C19H17F3N2O2. The fourth-order valence-electron chi connectivity index (χ4n) is 2.06. The molecule has 0 saturated carbocycles. The molecule has 7 heteroatoms. The van der Waals surface area contributed by atoms with Gasteiger partial charge in [0.05, 0.1) is 6.54 Å². The molecule has 0 aromatic heterocycles. The number of carbonyl (C=O) groups excluding carboxylic acids is 1. The second kappa shape index (κ2) is 8.81. The van der Waals surface area contributed by atoms with Gasteiger partial charge in [-0.2, -0.15) is 0 Å². The minimum absolute atomic E-state index is 0.191. The summed E-state index contributed by atoms with van der Waals surface area (Å²) in [6.07, 6.45) is -4.72. The molecule has 0 aliphatic carbocycles. The molecule has 4 nitrogen and oxygen atoms in total. The van der Waals surface area contributed by atoms with E-state index in [4.69, 9.17) is 0 Å². The maximum absolute atomic E-state index is 12.1. The summed E-state index contributed by atoms with van der Waals surface area (Å²) >= 11 is 0. The number of nitrogens with zero attached hydrogens (tertiary/aromatic N) is 1. The van der Waals surface area contributed by atoms with Crippen molar-refractivity contribution in [3.8, 4) is 17.6 Å². The predicted octanol–water partition coefficient (Wildman–Crippen LogP) is 3.78. The number of nitrogens with one attached hydrogen (secondary N) is 1. The molecule has 0 fully saturated rings. The molecule has 2 rings (SSSR count). The van der Waals surface area contributed by atoms with Gasteiger partial charge in [-0.1, -0.05) is 42.2 Å². The Morgan fingerprint density at radius 1 is 1.12 bits per heavy atom. The first-order chi connectivity index (χ1) is 12.3. The van der Waals surface area contributed by atoms with E-state index in [-0.39, 0.29) is 24.9 Å². The van der Waals surface area contributed by atoms with Crippen LogP contribution in [0.5, 0.6) is 5.75 Å². The van der Waals surface area contributed by atoms with Gasteiger partial charge < -0.3 is 15.0 Å². The first kappa shape index (κ1) is 19.2. The van der Waals surface area contributed by atoms with Crippen LogP contribution in [-0.2, 0) is 6.54 Å². The number of hydrogen-bond donors (Lipinski definition) is 1. The van der Waals surface area contributed by atoms with Crippen molar-refractivity contribution in [1.82, 2.24) is 10.2 Å². The molecule has 0 heterocycles. The van der Waals surface area contributed by atoms with Crippen LogP contribution in [0, 0.1) is 11.8 Å². The highest BCUT2D eigenvalue weighted by Gasteiger charge is 2.30. The zero-order chi connectivity index (χ0) is 19.0. The van der Waals surface area contributed by atoms with Gasteiger partial charge in [0.25, 0.3) is 0 Å². The van der Waals surface area contributed by atoms with E-state index in [9.17, 15) is 18.0 Å². The van der Waals surface area contributed by atoms with Crippen LogP contribution in [0.4, 0.5) is 18.0 Å². The Morgan fingerprint density at radius 3 is 2.38 bits per heavy atom. The molecule has 0 aliphatic rings. The molecule has 1 N–H and O–H groups in total. The van der Waals surface area contributed by atoms with Gasteiger partial charge in [-0.15, -0.1) is 13.2 Å². The van der Waals surface area contributed by atoms with Crippen LogP contribution < -0.4 is 10.1 Å². The van der Waals surface area contributed by atoms with E-state index in [0.29, 0.717) is 5.56 Å². The molecule has 136 valence electrons. The van der Waals surface area contributed by atoms with Crippen LogP contribution >= 0.6 is 0 Å². The Kier molecular flexibility index (Phi) is 6.50. The van der Waals surface area contributed by atoms with Gasteiger partial charge in [0.2, 0.25) is 0 Å². The van der Waals surface area contributed by atoms with E-state index >= 15 is 0 Å². The van der Waals surface area contributed by atoms with Crippen molar-refractivity contribution in [2.45, 2.75) is 12.9 Å². The molecule has 0 radical (unpaired) electrons. The minimum Gasteiger partial charge on any atom is -0.406 e. The molecule has 26 heavy (non-hydrogen) atoms. The van der Waals surface area contributed by atoms with Crippen LogP contribution in [-0.4, -0.2) is 30.9 Å². The average Bonchev–Trinajstić information content (AvgIpc) is 2.60. The lowest BCUT2D eigenvalue weighted by Crippen LogP contribution is -2.36. The molecule has 0 saturated heterocycles. The third-order valence-corrected chi connectivity index (χ3v) is 3.26. The molecule has 0 atom stereocenters. The molecule has 0 aliphatic heterocycles. The summed E-state index contributed by atoms with van der Waals surface area (Å²) in [7, 11) is 1.58. The second-order valence-electron chi connectivity index (χ2n) is 5.37. The Balaban J connectivity index is 1.80. The standard InChI is InChI=1S/C19H17F3N2O2/c1-24(14-16-9-11-17(12-10-16)26-19(20,21)22)18(25)23-13-5-8-15-6-3-2-4-7-15/h2-4,6-7,9-12H,13-14H2,1H3,(H,23,25). The third kappa shape index (κ3) is 6.77. The Bertz CT molecular complexity index is 778. The number of amides is 2. The van der Waals surface area contributed by atoms with Crippen LogP contribution in [0.25, 0.3) is 0 Å². The topological polar surface area (TPSA) is 41.6 Å². The lowest BCUT2D eigenvalue weighted by atomic mass is 10.2. The van der Waals surface area contributed by atoms with Crippen molar-refractivity contribution < 1.29 is 22.7 Å². The number of halogens is 3. The number of urea groups is 1. The Labute approximate surface area is 149 Å². The van der Waals surface area contributed by atoms with Crippen molar-refractivity contribution in [2.24, 2.45) is 0 Å². The molecule has 2 amide bonds. The fourth-order valence-corrected chi connectivity index (χ4v) is 2.06. The van der Waals surface area contributed by atoms with Gasteiger partial charge in [0, 0.05) is 19.2 Å². The summed E-state index contributed by atoms with van der Waals surface area (Å²) < 4.78 is 40.2. The number of alkyl halides is 3. The van der Waals surface area contributed by atoms with Gasteiger partial charge >= 0.3 is 12.4 Å². The van der Waals surface area contributed by atoms with Crippen LogP contribution in [0.1, 0.15) is 11.1 Å². The lowest BCUT2D eigenvalue weighted by Gasteiger charge is -2.17. The first-order valence-corrected chi connectivity index (χ1v) is 7.71. The monoisotopic (exact) mass is 362 g/mol. The van der Waals surface area contributed by atoms with Crippen LogP contribution in [0.2, 0.25) is 0 Å². The molecule has 2 aromatic rings. The van der Waals surface area contributed by atoms with E-state index in [1.807, 2.05) is 30.3 Å². The maximum atomic E-state index is 12.1. The summed E-state index contributed by atoms with van der Waals surface area (Å²) in [5.74, 6) is 5.47. The van der Waals surface area contributed by atoms with Gasteiger partial charge in [-0.05, 0) is 29.8 Å². The van der Waals surface area contributed by atoms with Gasteiger partial charge in [-0.3, -0.25) is 0 Å². The van der Waals surface area contributed by atoms with Gasteiger partial charge in [0.15, 0.2) is 0 Å². The molecule has 0 spiro atoms. The SMILES string of the molecule is CN(Cc1ccc(OC(F)(F)F)cc1)C(=O)NCC#Cc1ccccc1. The smallest absolute Gasteiger partial charge is 0.406 e. The largest absolute Gasteiger partial charge is 0.573 e. The second-order valence-corrected chi connectivity index (χ2v) is 5.37. The van der Waals surface area contributed by atoms with E-state index in [0.717, 1.165) is 5.56 Å². The number of rotatable bonds is 4. The van der Waals surface area contributed by atoms with Crippen molar-refractivity contribution >= 4 is 6.03 Å². The summed E-state index contributed by atoms with van der Waals surface area (Å²) in [6.45, 7) is 0.431. The summed E-state index contributed by atoms with van der Waals surface area (Å²) in [5, 5.41) is 2.66. The Hall–Kier alpha value is -3.14. The highest BCUT2D eigenvalue weighted by molar-refractivity contribution is 5.74. The molecule has 0 unspecified atom stereocenters. The minimum atomic E-state index is -4.72. The lowest BCUT2D eigenvalue weighted by molar-refractivity contribution is -0.274. The number of benzene rings is 2. The maximum Gasteiger partial charge on any atom is 0.573 e. The van der Waals surface area contributed by atoms with Crippen LogP contribution in [0.15, 0.2) is 54.6 Å². The summed E-state index contributed by atoms with van der Waals surface area (Å²) in [4.78, 5) is 13.4. The highest BCUT2D eigenvalue weighted by Crippen LogP contribution is 2.22. The zero-order valence-corrected chi connectivity index (χ0v) is 14.0. The van der Waals surface area contributed by atoms with Crippen LogP contribution in [0.3, 0.4) is 0 Å². The molecular weight excluding hydrogens is 345 g/mol. The predicted molar refractivity (Wildman–Crippen MR) is 91.3 cm³/mol. The number of hydrogen-bond acceptors (Lipinski definition) is 2. The number of carbonyl (C=O) groups is 1. The zero-order valence-electron chi connectivity index (χ0n) is 14.0. The normalized spacial score (nSPS) is 10.5. The highest BCUT2D eigenvalue weighted by atomic mass is 19.4. The van der Waals surface area contributed by atoms with Gasteiger partial charge in [-0.25, -0.2) is 4.79 Å². The number of ether oxygens (including phenoxy) is 1. The van der Waals surface area contributed by atoms with Crippen molar-refractivity contribution in [3.63, 3.8) is 0 Å². The first-order valence-electron chi connectivity index (χ1n) is 7.71. The average molecular weight is 362 g/mol. The summed E-state index contributed by atoms with van der Waals surface area (Å²) in [5.41, 5.74) is 1.53. The van der Waals surface area contributed by atoms with E-state index in [1.54, 1.807) is 7.05 Å². The van der Waals surface area contributed by atoms with Gasteiger partial charge in [0.1, 0.15) is 5.75 Å². The summed E-state index contributed by atoms with van der Waals surface area (Å²) in [6, 6.07) is 14.4. The van der Waals surface area contributed by atoms with E-state index in [1.165, 1.54) is 29.2 Å². The van der Waals surface area contributed by atoms with Crippen molar-refractivity contribution in [2.75, 3.05) is 13.6 Å². The van der Waals surface area contributed by atoms with Crippen molar-refractivity contribution in [1.29, 1.82) is 0 Å². The van der Waals surface area contributed by atoms with E-state index < -0.39 is 6.36 Å². The van der Waals surface area contributed by atoms with Crippen molar-refractivity contribution in [3.05, 3.63) is 65.7 Å². The molecule has 2 aromatic carbocycles. The Morgan fingerprint density at radius 2 is 1.77 bits per heavy atom. The quantitative estimate of drug-likeness (QED) is 0.841.